The summed E-state index contributed by atoms with van der Waals surface area (Å²) in [7, 11) is -2.24. The number of carbonyl (C=O) groups excluding carboxylic acids is 1. The second kappa shape index (κ2) is 8.67. The van der Waals surface area contributed by atoms with Crippen LogP contribution < -0.4 is 9.62 Å². The fourth-order valence-electron chi connectivity index (χ4n) is 3.07. The summed E-state index contributed by atoms with van der Waals surface area (Å²) < 4.78 is 40.7. The van der Waals surface area contributed by atoms with Gasteiger partial charge >= 0.3 is 0 Å². The van der Waals surface area contributed by atoms with Crippen molar-refractivity contribution in [2.75, 3.05) is 11.4 Å². The molecular formula is C23H23FN2O3S. The third-order valence-corrected chi connectivity index (χ3v) is 6.66. The molecule has 3 rings (SSSR count). The van der Waals surface area contributed by atoms with Crippen molar-refractivity contribution in [2.45, 2.75) is 25.3 Å². The molecule has 0 aliphatic rings. The highest BCUT2D eigenvalue weighted by atomic mass is 32.2. The molecule has 3 aromatic rings. The van der Waals surface area contributed by atoms with Gasteiger partial charge in [0.05, 0.1) is 10.6 Å². The molecule has 0 saturated carbocycles. The molecule has 5 nitrogen and oxygen atoms in total. The minimum Gasteiger partial charge on any atom is -0.348 e. The molecule has 0 heterocycles. The monoisotopic (exact) mass is 426 g/mol. The van der Waals surface area contributed by atoms with Crippen LogP contribution in [0.3, 0.4) is 0 Å². The van der Waals surface area contributed by atoms with Gasteiger partial charge in [-0.1, -0.05) is 35.9 Å². The minimum atomic E-state index is -3.72. The van der Waals surface area contributed by atoms with Gasteiger partial charge < -0.3 is 5.32 Å². The zero-order chi connectivity index (χ0) is 21.9. The topological polar surface area (TPSA) is 66.5 Å². The van der Waals surface area contributed by atoms with Crippen LogP contribution in [0.4, 0.5) is 10.1 Å². The summed E-state index contributed by atoms with van der Waals surface area (Å²) in [5.41, 5.74) is 2.84. The number of carbonyl (C=O) groups is 1. The van der Waals surface area contributed by atoms with E-state index < -0.39 is 10.0 Å². The Balaban J connectivity index is 1.78. The van der Waals surface area contributed by atoms with E-state index in [-0.39, 0.29) is 23.2 Å². The number of anilines is 1. The number of sulfonamides is 1. The maximum absolute atomic E-state index is 13.7. The number of benzene rings is 3. The number of aryl methyl sites for hydroxylation is 2. The molecule has 30 heavy (non-hydrogen) atoms. The summed E-state index contributed by atoms with van der Waals surface area (Å²) in [6.07, 6.45) is 0. The second-order valence-electron chi connectivity index (χ2n) is 7.06. The van der Waals surface area contributed by atoms with Crippen molar-refractivity contribution < 1.29 is 17.6 Å². The highest BCUT2D eigenvalue weighted by Gasteiger charge is 2.23. The van der Waals surface area contributed by atoms with Crippen molar-refractivity contribution in [3.05, 3.63) is 94.8 Å². The maximum Gasteiger partial charge on any atom is 0.264 e. The maximum atomic E-state index is 13.7. The summed E-state index contributed by atoms with van der Waals surface area (Å²) in [5, 5.41) is 2.68. The van der Waals surface area contributed by atoms with Crippen LogP contribution in [0.1, 0.15) is 27.0 Å². The SMILES string of the molecule is Cc1ccc(S(=O)(=O)N(C)c2ccc(C(=O)NCc3ccccc3F)cc2C)cc1. The summed E-state index contributed by atoms with van der Waals surface area (Å²) in [4.78, 5) is 12.6. The van der Waals surface area contributed by atoms with Crippen molar-refractivity contribution >= 4 is 21.6 Å². The largest absolute Gasteiger partial charge is 0.348 e. The van der Waals surface area contributed by atoms with Crippen LogP contribution >= 0.6 is 0 Å². The molecule has 0 radical (unpaired) electrons. The van der Waals surface area contributed by atoms with E-state index in [9.17, 15) is 17.6 Å². The highest BCUT2D eigenvalue weighted by molar-refractivity contribution is 7.92. The van der Waals surface area contributed by atoms with E-state index in [1.807, 2.05) is 6.92 Å². The molecule has 7 heteroatoms. The Labute approximate surface area is 176 Å². The first-order chi connectivity index (χ1) is 14.2. The van der Waals surface area contributed by atoms with E-state index in [1.165, 1.54) is 17.4 Å². The van der Waals surface area contributed by atoms with Crippen LogP contribution in [-0.4, -0.2) is 21.4 Å². The van der Waals surface area contributed by atoms with Crippen molar-refractivity contribution in [1.29, 1.82) is 0 Å². The summed E-state index contributed by atoms with van der Waals surface area (Å²) in [5.74, 6) is -0.746. The van der Waals surface area contributed by atoms with Gasteiger partial charge in [-0.3, -0.25) is 9.10 Å². The summed E-state index contributed by atoms with van der Waals surface area (Å²) in [6.45, 7) is 3.69. The number of hydrogen-bond acceptors (Lipinski definition) is 3. The first-order valence-corrected chi connectivity index (χ1v) is 10.8. The quantitative estimate of drug-likeness (QED) is 0.643. The smallest absolute Gasteiger partial charge is 0.264 e. The van der Waals surface area contributed by atoms with Crippen LogP contribution in [0.15, 0.2) is 71.6 Å². The Morgan fingerprint density at radius 2 is 1.67 bits per heavy atom. The second-order valence-corrected chi connectivity index (χ2v) is 9.03. The van der Waals surface area contributed by atoms with E-state index in [1.54, 1.807) is 67.6 Å². The van der Waals surface area contributed by atoms with Crippen molar-refractivity contribution in [3.63, 3.8) is 0 Å². The number of rotatable bonds is 6. The third-order valence-electron chi connectivity index (χ3n) is 4.87. The van der Waals surface area contributed by atoms with Gasteiger partial charge in [0.1, 0.15) is 5.82 Å². The molecule has 0 atom stereocenters. The number of hydrogen-bond donors (Lipinski definition) is 1. The first kappa shape index (κ1) is 21.5. The van der Waals surface area contributed by atoms with Crippen LogP contribution in [0, 0.1) is 19.7 Å². The van der Waals surface area contributed by atoms with E-state index in [4.69, 9.17) is 0 Å². The zero-order valence-electron chi connectivity index (χ0n) is 17.0. The fourth-order valence-corrected chi connectivity index (χ4v) is 4.33. The molecule has 0 aromatic heterocycles. The average molecular weight is 427 g/mol. The van der Waals surface area contributed by atoms with E-state index >= 15 is 0 Å². The molecule has 3 aromatic carbocycles. The molecule has 0 aliphatic heterocycles. The minimum absolute atomic E-state index is 0.0635. The lowest BCUT2D eigenvalue weighted by Gasteiger charge is -2.22. The van der Waals surface area contributed by atoms with Gasteiger partial charge in [-0.05, 0) is 55.8 Å². The van der Waals surface area contributed by atoms with Gasteiger partial charge in [-0.2, -0.15) is 0 Å². The molecule has 156 valence electrons. The van der Waals surface area contributed by atoms with Gasteiger partial charge in [0.2, 0.25) is 0 Å². The predicted octanol–water partition coefficient (Wildman–Crippen LogP) is 4.20. The van der Waals surface area contributed by atoms with Crippen LogP contribution in [0.25, 0.3) is 0 Å². The van der Waals surface area contributed by atoms with Crippen LogP contribution in [0.2, 0.25) is 0 Å². The molecule has 0 bridgehead atoms. The zero-order valence-corrected chi connectivity index (χ0v) is 17.8. The summed E-state index contributed by atoms with van der Waals surface area (Å²) in [6, 6.07) is 17.6. The normalized spacial score (nSPS) is 11.2. The number of nitrogens with one attached hydrogen (secondary N) is 1. The standard InChI is InChI=1S/C23H23FN2O3S/c1-16-8-11-20(12-9-16)30(28,29)26(3)22-13-10-18(14-17(22)2)23(27)25-15-19-6-4-5-7-21(19)24/h4-14H,15H2,1-3H3,(H,25,27). The van der Waals surface area contributed by atoms with E-state index in [2.05, 4.69) is 5.32 Å². The molecule has 0 aliphatic carbocycles. The lowest BCUT2D eigenvalue weighted by atomic mass is 10.1. The molecule has 0 unspecified atom stereocenters. The predicted molar refractivity (Wildman–Crippen MR) is 116 cm³/mol. The van der Waals surface area contributed by atoms with Crippen molar-refractivity contribution in [1.82, 2.24) is 5.32 Å². The number of nitrogens with zero attached hydrogens (tertiary/aromatic N) is 1. The Kier molecular flexibility index (Phi) is 6.22. The Morgan fingerprint density at radius 1 is 1.00 bits per heavy atom. The van der Waals surface area contributed by atoms with E-state index in [0.717, 1.165) is 5.56 Å². The van der Waals surface area contributed by atoms with E-state index in [0.29, 0.717) is 22.4 Å². The van der Waals surface area contributed by atoms with Crippen molar-refractivity contribution in [2.24, 2.45) is 0 Å². The average Bonchev–Trinajstić information content (AvgIpc) is 2.72. The lowest BCUT2D eigenvalue weighted by Crippen LogP contribution is -2.28. The van der Waals surface area contributed by atoms with Gasteiger partial charge in [-0.25, -0.2) is 12.8 Å². The van der Waals surface area contributed by atoms with Gasteiger partial charge in [0, 0.05) is 24.7 Å². The molecular weight excluding hydrogens is 403 g/mol. The lowest BCUT2D eigenvalue weighted by molar-refractivity contribution is 0.0950. The first-order valence-electron chi connectivity index (χ1n) is 9.38. The molecule has 1 amide bonds. The van der Waals surface area contributed by atoms with Gasteiger partial charge in [-0.15, -0.1) is 0 Å². The Morgan fingerprint density at radius 3 is 2.30 bits per heavy atom. The Hall–Kier alpha value is -3.19. The third kappa shape index (κ3) is 4.52. The van der Waals surface area contributed by atoms with Crippen LogP contribution in [-0.2, 0) is 16.6 Å². The Bertz CT molecular complexity index is 1180. The molecule has 0 saturated heterocycles. The molecule has 1 N–H and O–H groups in total. The summed E-state index contributed by atoms with van der Waals surface area (Å²) >= 11 is 0. The molecule has 0 fully saturated rings. The van der Waals surface area contributed by atoms with Gasteiger partial charge in [0.15, 0.2) is 0 Å². The van der Waals surface area contributed by atoms with Crippen molar-refractivity contribution in [3.8, 4) is 0 Å². The number of amides is 1. The van der Waals surface area contributed by atoms with Crippen LogP contribution in [0.5, 0.6) is 0 Å². The fraction of sp³-hybridized carbons (Fsp3) is 0.174. The highest BCUT2D eigenvalue weighted by Crippen LogP contribution is 2.26. The number of halogens is 1. The van der Waals surface area contributed by atoms with Gasteiger partial charge in [0.25, 0.3) is 15.9 Å². The molecule has 0 spiro atoms.